The number of hydrogen-bond donors (Lipinski definition) is 2. The van der Waals surface area contributed by atoms with Gasteiger partial charge in [0.2, 0.25) is 0 Å². The van der Waals surface area contributed by atoms with Gasteiger partial charge < -0.3 is 10.4 Å². The molecule has 24 heavy (non-hydrogen) atoms. The van der Waals surface area contributed by atoms with Gasteiger partial charge in [-0.05, 0) is 29.7 Å². The molecule has 0 atom stereocenters. The smallest absolute Gasteiger partial charge is 0.336 e. The Kier molecular flexibility index (Phi) is 5.42. The molecule has 1 aromatic carbocycles. The average molecular weight is 326 g/mol. The van der Waals surface area contributed by atoms with E-state index in [2.05, 4.69) is 10.3 Å². The Morgan fingerprint density at radius 3 is 2.62 bits per heavy atom. The lowest BCUT2D eigenvalue weighted by atomic mass is 9.96. The quantitative estimate of drug-likeness (QED) is 0.796. The van der Waals surface area contributed by atoms with Gasteiger partial charge in [-0.3, -0.25) is 14.6 Å². The van der Waals surface area contributed by atoms with E-state index in [0.717, 1.165) is 0 Å². The van der Waals surface area contributed by atoms with Crippen molar-refractivity contribution in [2.45, 2.75) is 13.8 Å². The van der Waals surface area contributed by atoms with Crippen LogP contribution in [0.2, 0.25) is 0 Å². The van der Waals surface area contributed by atoms with Gasteiger partial charge in [0.25, 0.3) is 5.91 Å². The molecule has 1 heterocycles. The number of aldehydes is 1. The van der Waals surface area contributed by atoms with Crippen LogP contribution in [0.5, 0.6) is 0 Å². The normalized spacial score (nSPS) is 10.5. The van der Waals surface area contributed by atoms with Crippen molar-refractivity contribution in [3.8, 4) is 11.1 Å². The molecule has 0 radical (unpaired) electrons. The highest BCUT2D eigenvalue weighted by molar-refractivity contribution is 6.02. The van der Waals surface area contributed by atoms with Crippen LogP contribution in [0.3, 0.4) is 0 Å². The van der Waals surface area contributed by atoms with Crippen LogP contribution in [-0.4, -0.2) is 34.8 Å². The molecular formula is C18H18N2O4. The third kappa shape index (κ3) is 3.84. The predicted molar refractivity (Wildman–Crippen MR) is 89.2 cm³/mol. The first kappa shape index (κ1) is 17.3. The van der Waals surface area contributed by atoms with Crippen LogP contribution < -0.4 is 5.32 Å². The molecular weight excluding hydrogens is 308 g/mol. The number of amides is 1. The molecule has 6 heteroatoms. The lowest BCUT2D eigenvalue weighted by Crippen LogP contribution is -2.27. The highest BCUT2D eigenvalue weighted by Gasteiger charge is 2.18. The standard InChI is InChI=1S/C18H18N2O4/c1-11(2)9-20-17(22)12-5-6-13(15(8-12)18(23)24)14-4-3-7-19-16(14)10-21/h3-8,10-11H,9H2,1-2H3,(H,20,22)(H,23,24). The third-order valence-electron chi connectivity index (χ3n) is 3.42. The summed E-state index contributed by atoms with van der Waals surface area (Å²) in [6.07, 6.45) is 2.03. The van der Waals surface area contributed by atoms with Crippen molar-refractivity contribution in [3.63, 3.8) is 0 Å². The number of carbonyl (C=O) groups excluding carboxylic acids is 2. The summed E-state index contributed by atoms with van der Waals surface area (Å²) in [4.78, 5) is 38.8. The Morgan fingerprint density at radius 2 is 2.00 bits per heavy atom. The van der Waals surface area contributed by atoms with Gasteiger partial charge in [0.05, 0.1) is 5.56 Å². The molecule has 0 aliphatic heterocycles. The fourth-order valence-electron chi connectivity index (χ4n) is 2.24. The van der Waals surface area contributed by atoms with Gasteiger partial charge in [-0.2, -0.15) is 0 Å². The SMILES string of the molecule is CC(C)CNC(=O)c1ccc(-c2cccnc2C=O)c(C(=O)O)c1. The number of carbonyl (C=O) groups is 3. The molecule has 0 spiro atoms. The van der Waals surface area contributed by atoms with Crippen molar-refractivity contribution in [1.82, 2.24) is 10.3 Å². The second kappa shape index (κ2) is 7.50. The number of carboxylic acid groups (broad SMARTS) is 1. The topological polar surface area (TPSA) is 96.4 Å². The van der Waals surface area contributed by atoms with E-state index < -0.39 is 5.97 Å². The van der Waals surface area contributed by atoms with Crippen molar-refractivity contribution >= 4 is 18.2 Å². The van der Waals surface area contributed by atoms with E-state index in [4.69, 9.17) is 0 Å². The minimum atomic E-state index is -1.18. The lowest BCUT2D eigenvalue weighted by molar-refractivity contribution is 0.0697. The van der Waals surface area contributed by atoms with E-state index in [-0.39, 0.29) is 28.6 Å². The molecule has 6 nitrogen and oxygen atoms in total. The number of nitrogens with zero attached hydrogens (tertiary/aromatic N) is 1. The highest BCUT2D eigenvalue weighted by Crippen LogP contribution is 2.26. The summed E-state index contributed by atoms with van der Waals surface area (Å²) >= 11 is 0. The molecule has 0 unspecified atom stereocenters. The van der Waals surface area contributed by atoms with E-state index in [1.165, 1.54) is 18.3 Å². The predicted octanol–water partition coefficient (Wildman–Crippen LogP) is 2.65. The van der Waals surface area contributed by atoms with Gasteiger partial charge in [-0.25, -0.2) is 4.79 Å². The Hall–Kier alpha value is -3.02. The molecule has 0 saturated heterocycles. The van der Waals surface area contributed by atoms with Gasteiger partial charge in [0.15, 0.2) is 6.29 Å². The maximum absolute atomic E-state index is 12.1. The van der Waals surface area contributed by atoms with Crippen molar-refractivity contribution in [1.29, 1.82) is 0 Å². The van der Waals surface area contributed by atoms with Crippen molar-refractivity contribution in [2.24, 2.45) is 5.92 Å². The van der Waals surface area contributed by atoms with Gasteiger partial charge in [-0.15, -0.1) is 0 Å². The minimum absolute atomic E-state index is 0.0525. The van der Waals surface area contributed by atoms with Crippen LogP contribution in [0.4, 0.5) is 0 Å². The summed E-state index contributed by atoms with van der Waals surface area (Å²) in [6, 6.07) is 7.62. The molecule has 0 saturated carbocycles. The second-order valence-corrected chi connectivity index (χ2v) is 5.72. The zero-order valence-electron chi connectivity index (χ0n) is 13.4. The highest BCUT2D eigenvalue weighted by atomic mass is 16.4. The molecule has 1 amide bonds. The molecule has 2 rings (SSSR count). The average Bonchev–Trinajstić information content (AvgIpc) is 2.58. The number of pyridine rings is 1. The maximum Gasteiger partial charge on any atom is 0.336 e. The number of rotatable bonds is 6. The third-order valence-corrected chi connectivity index (χ3v) is 3.42. The van der Waals surface area contributed by atoms with Gasteiger partial charge in [0, 0.05) is 23.9 Å². The number of aromatic carboxylic acids is 1. The number of benzene rings is 1. The molecule has 0 bridgehead atoms. The van der Waals surface area contributed by atoms with Crippen LogP contribution in [0.1, 0.15) is 45.1 Å². The van der Waals surface area contributed by atoms with Crippen molar-refractivity contribution in [2.75, 3.05) is 6.54 Å². The van der Waals surface area contributed by atoms with Gasteiger partial charge in [0.1, 0.15) is 5.69 Å². The Morgan fingerprint density at radius 1 is 1.25 bits per heavy atom. The zero-order chi connectivity index (χ0) is 17.7. The minimum Gasteiger partial charge on any atom is -0.478 e. The first-order valence-corrected chi connectivity index (χ1v) is 7.50. The Balaban J connectivity index is 2.46. The van der Waals surface area contributed by atoms with Gasteiger partial charge in [-0.1, -0.05) is 26.0 Å². The molecule has 124 valence electrons. The molecule has 0 fully saturated rings. The molecule has 0 aliphatic rings. The van der Waals surface area contributed by atoms with Crippen LogP contribution >= 0.6 is 0 Å². The zero-order valence-corrected chi connectivity index (χ0v) is 13.4. The van der Waals surface area contributed by atoms with Crippen molar-refractivity contribution < 1.29 is 19.5 Å². The van der Waals surface area contributed by atoms with Gasteiger partial charge >= 0.3 is 5.97 Å². The summed E-state index contributed by atoms with van der Waals surface area (Å²) in [5.41, 5.74) is 1.12. The van der Waals surface area contributed by atoms with Crippen LogP contribution in [-0.2, 0) is 0 Å². The van der Waals surface area contributed by atoms with Crippen LogP contribution in [0, 0.1) is 5.92 Å². The van der Waals surface area contributed by atoms with E-state index in [9.17, 15) is 19.5 Å². The van der Waals surface area contributed by atoms with E-state index >= 15 is 0 Å². The number of carboxylic acids is 1. The summed E-state index contributed by atoms with van der Waals surface area (Å²) in [5, 5.41) is 12.2. The van der Waals surface area contributed by atoms with E-state index in [0.29, 0.717) is 24.0 Å². The number of aromatic nitrogens is 1. The number of nitrogens with one attached hydrogen (secondary N) is 1. The fraction of sp³-hybridized carbons (Fsp3) is 0.222. The van der Waals surface area contributed by atoms with Crippen LogP contribution in [0.25, 0.3) is 11.1 Å². The molecule has 2 aromatic rings. The van der Waals surface area contributed by atoms with Crippen LogP contribution in [0.15, 0.2) is 36.5 Å². The largest absolute Gasteiger partial charge is 0.478 e. The molecule has 0 aliphatic carbocycles. The molecule has 1 aromatic heterocycles. The summed E-state index contributed by atoms with van der Waals surface area (Å²) in [5.74, 6) is -1.22. The fourth-order valence-corrected chi connectivity index (χ4v) is 2.24. The molecule has 2 N–H and O–H groups in total. The second-order valence-electron chi connectivity index (χ2n) is 5.72. The summed E-state index contributed by atoms with van der Waals surface area (Å²) in [6.45, 7) is 4.44. The maximum atomic E-state index is 12.1. The van der Waals surface area contributed by atoms with Crippen molar-refractivity contribution in [3.05, 3.63) is 53.3 Å². The summed E-state index contributed by atoms with van der Waals surface area (Å²) in [7, 11) is 0. The lowest BCUT2D eigenvalue weighted by Gasteiger charge is -2.11. The van der Waals surface area contributed by atoms with E-state index in [1.54, 1.807) is 18.2 Å². The first-order chi connectivity index (χ1) is 11.4. The number of hydrogen-bond acceptors (Lipinski definition) is 4. The first-order valence-electron chi connectivity index (χ1n) is 7.50. The van der Waals surface area contributed by atoms with E-state index in [1.807, 2.05) is 13.8 Å². The Bertz CT molecular complexity index is 784. The summed E-state index contributed by atoms with van der Waals surface area (Å²) < 4.78 is 0. The Labute approximate surface area is 139 Å². The monoisotopic (exact) mass is 326 g/mol.